The lowest BCUT2D eigenvalue weighted by Gasteiger charge is -2.39. The van der Waals surface area contributed by atoms with Gasteiger partial charge in [0.2, 0.25) is 5.79 Å². The molecule has 0 aromatic heterocycles. The number of fused-ring (bicyclic) bond motifs is 2. The SMILES string of the molecule is C[C@@H]1C(=O)[C@@H](C)[C@@]2(OC(=O)c3ccccc3)C=C[C@H]1O2. The normalized spacial score (nSPS) is 35.1. The van der Waals surface area contributed by atoms with E-state index in [2.05, 4.69) is 0 Å². The Kier molecular flexibility index (Phi) is 2.98. The van der Waals surface area contributed by atoms with Crippen LogP contribution >= 0.6 is 0 Å². The van der Waals surface area contributed by atoms with E-state index in [4.69, 9.17) is 9.47 Å². The van der Waals surface area contributed by atoms with Gasteiger partial charge in [-0.2, -0.15) is 0 Å². The predicted molar refractivity (Wildman–Crippen MR) is 71.9 cm³/mol. The number of esters is 1. The van der Waals surface area contributed by atoms with E-state index < -0.39 is 17.7 Å². The minimum absolute atomic E-state index is 0.0621. The Labute approximate surface area is 117 Å². The summed E-state index contributed by atoms with van der Waals surface area (Å²) < 4.78 is 11.3. The molecule has 0 saturated carbocycles. The number of ketones is 1. The second-order valence-electron chi connectivity index (χ2n) is 5.33. The van der Waals surface area contributed by atoms with Crippen LogP contribution in [0.2, 0.25) is 0 Å². The fraction of sp³-hybridized carbons (Fsp3) is 0.375. The molecule has 1 aromatic rings. The lowest BCUT2D eigenvalue weighted by molar-refractivity contribution is -0.228. The van der Waals surface area contributed by atoms with E-state index in [-0.39, 0.29) is 17.8 Å². The molecular weight excluding hydrogens is 256 g/mol. The molecule has 1 saturated heterocycles. The molecule has 0 amide bonds. The molecule has 2 bridgehead atoms. The molecule has 3 rings (SSSR count). The van der Waals surface area contributed by atoms with Crippen LogP contribution < -0.4 is 0 Å². The molecule has 0 aliphatic carbocycles. The molecule has 4 heteroatoms. The summed E-state index contributed by atoms with van der Waals surface area (Å²) in [6.07, 6.45) is 3.21. The molecule has 2 aliphatic heterocycles. The molecule has 0 spiro atoms. The van der Waals surface area contributed by atoms with Crippen molar-refractivity contribution in [2.45, 2.75) is 25.7 Å². The number of carbonyl (C=O) groups is 2. The Bertz CT molecular complexity index is 577. The summed E-state index contributed by atoms with van der Waals surface area (Å²) >= 11 is 0. The van der Waals surface area contributed by atoms with E-state index in [0.717, 1.165) is 0 Å². The van der Waals surface area contributed by atoms with Gasteiger partial charge in [-0.1, -0.05) is 31.2 Å². The molecule has 0 unspecified atom stereocenters. The largest absolute Gasteiger partial charge is 0.425 e. The molecule has 20 heavy (non-hydrogen) atoms. The highest BCUT2D eigenvalue weighted by Crippen LogP contribution is 2.42. The first-order valence-electron chi connectivity index (χ1n) is 6.73. The highest BCUT2D eigenvalue weighted by Gasteiger charge is 2.55. The molecular formula is C16H16O4. The molecule has 104 valence electrons. The van der Waals surface area contributed by atoms with Crippen molar-refractivity contribution in [2.75, 3.05) is 0 Å². The second kappa shape index (κ2) is 4.56. The van der Waals surface area contributed by atoms with Crippen molar-refractivity contribution in [1.82, 2.24) is 0 Å². The molecule has 2 heterocycles. The Morgan fingerprint density at radius 3 is 2.65 bits per heavy atom. The van der Waals surface area contributed by atoms with Crippen LogP contribution in [0.4, 0.5) is 0 Å². The Morgan fingerprint density at radius 1 is 1.25 bits per heavy atom. The van der Waals surface area contributed by atoms with Crippen LogP contribution in [-0.2, 0) is 14.3 Å². The summed E-state index contributed by atoms with van der Waals surface area (Å²) in [6, 6.07) is 8.70. The summed E-state index contributed by atoms with van der Waals surface area (Å²) in [5.41, 5.74) is 0.445. The van der Waals surface area contributed by atoms with Gasteiger partial charge in [-0.15, -0.1) is 0 Å². The second-order valence-corrected chi connectivity index (χ2v) is 5.33. The minimum atomic E-state index is -1.25. The summed E-state index contributed by atoms with van der Waals surface area (Å²) in [6.45, 7) is 3.57. The van der Waals surface area contributed by atoms with Gasteiger partial charge in [0.1, 0.15) is 5.78 Å². The first-order chi connectivity index (χ1) is 9.53. The van der Waals surface area contributed by atoms with Crippen LogP contribution in [-0.4, -0.2) is 23.6 Å². The number of carbonyl (C=O) groups excluding carboxylic acids is 2. The topological polar surface area (TPSA) is 52.6 Å². The van der Waals surface area contributed by atoms with Crippen LogP contribution in [0.15, 0.2) is 42.5 Å². The lowest BCUT2D eigenvalue weighted by Crippen LogP contribution is -2.52. The number of Topliss-reactive ketones (excluding diaryl/α,β-unsaturated/α-hetero) is 1. The Balaban J connectivity index is 1.85. The smallest absolute Gasteiger partial charge is 0.340 e. The van der Waals surface area contributed by atoms with Crippen molar-refractivity contribution in [3.8, 4) is 0 Å². The maximum absolute atomic E-state index is 12.2. The fourth-order valence-corrected chi connectivity index (χ4v) is 2.71. The van der Waals surface area contributed by atoms with Gasteiger partial charge in [0, 0.05) is 5.92 Å². The molecule has 2 aliphatic rings. The molecule has 0 radical (unpaired) electrons. The van der Waals surface area contributed by atoms with Crippen molar-refractivity contribution < 1.29 is 19.1 Å². The third-order valence-electron chi connectivity index (χ3n) is 4.07. The number of hydrogen-bond donors (Lipinski definition) is 0. The lowest BCUT2D eigenvalue weighted by atomic mass is 9.86. The first kappa shape index (κ1) is 13.1. The summed E-state index contributed by atoms with van der Waals surface area (Å²) in [5, 5.41) is 0. The van der Waals surface area contributed by atoms with Gasteiger partial charge < -0.3 is 9.47 Å². The van der Waals surface area contributed by atoms with E-state index in [0.29, 0.717) is 5.56 Å². The molecule has 1 aromatic carbocycles. The van der Waals surface area contributed by atoms with Crippen molar-refractivity contribution in [3.63, 3.8) is 0 Å². The Morgan fingerprint density at radius 2 is 1.95 bits per heavy atom. The molecule has 4 nitrogen and oxygen atoms in total. The Hall–Kier alpha value is -1.94. The zero-order valence-corrected chi connectivity index (χ0v) is 11.4. The van der Waals surface area contributed by atoms with E-state index in [9.17, 15) is 9.59 Å². The highest BCUT2D eigenvalue weighted by molar-refractivity contribution is 5.91. The van der Waals surface area contributed by atoms with Crippen LogP contribution in [0.25, 0.3) is 0 Å². The van der Waals surface area contributed by atoms with E-state index in [1.54, 1.807) is 37.3 Å². The van der Waals surface area contributed by atoms with Gasteiger partial charge in [-0.05, 0) is 25.1 Å². The summed E-state index contributed by atoms with van der Waals surface area (Å²) in [7, 11) is 0. The highest BCUT2D eigenvalue weighted by atomic mass is 16.7. The van der Waals surface area contributed by atoms with Gasteiger partial charge in [-0.25, -0.2) is 4.79 Å². The molecule has 0 N–H and O–H groups in total. The van der Waals surface area contributed by atoms with Gasteiger partial charge in [0.25, 0.3) is 0 Å². The van der Waals surface area contributed by atoms with Gasteiger partial charge >= 0.3 is 5.97 Å². The first-order valence-corrected chi connectivity index (χ1v) is 6.73. The fourth-order valence-electron chi connectivity index (χ4n) is 2.71. The van der Waals surface area contributed by atoms with Crippen molar-refractivity contribution in [3.05, 3.63) is 48.0 Å². The quantitative estimate of drug-likeness (QED) is 0.612. The van der Waals surface area contributed by atoms with Gasteiger partial charge in [0.15, 0.2) is 0 Å². The van der Waals surface area contributed by atoms with Crippen LogP contribution in [0.3, 0.4) is 0 Å². The van der Waals surface area contributed by atoms with Crippen LogP contribution in [0.1, 0.15) is 24.2 Å². The van der Waals surface area contributed by atoms with E-state index >= 15 is 0 Å². The van der Waals surface area contributed by atoms with Crippen molar-refractivity contribution >= 4 is 11.8 Å². The maximum Gasteiger partial charge on any atom is 0.340 e. The maximum atomic E-state index is 12.2. The average Bonchev–Trinajstić information content (AvgIpc) is 2.87. The zero-order valence-electron chi connectivity index (χ0n) is 11.4. The van der Waals surface area contributed by atoms with E-state index in [1.165, 1.54) is 0 Å². The van der Waals surface area contributed by atoms with Gasteiger partial charge in [-0.3, -0.25) is 4.79 Å². The third-order valence-corrected chi connectivity index (χ3v) is 4.07. The monoisotopic (exact) mass is 272 g/mol. The minimum Gasteiger partial charge on any atom is -0.425 e. The van der Waals surface area contributed by atoms with Crippen LogP contribution in [0.5, 0.6) is 0 Å². The third kappa shape index (κ3) is 1.88. The number of benzene rings is 1. The number of ether oxygens (including phenoxy) is 2. The average molecular weight is 272 g/mol. The number of hydrogen-bond acceptors (Lipinski definition) is 4. The van der Waals surface area contributed by atoms with E-state index in [1.807, 2.05) is 19.1 Å². The summed E-state index contributed by atoms with van der Waals surface area (Å²) in [5.74, 6) is -2.37. The predicted octanol–water partition coefficient (Wildman–Crippen LogP) is 2.35. The van der Waals surface area contributed by atoms with Crippen molar-refractivity contribution in [1.29, 1.82) is 0 Å². The van der Waals surface area contributed by atoms with Crippen molar-refractivity contribution in [2.24, 2.45) is 11.8 Å². The summed E-state index contributed by atoms with van der Waals surface area (Å²) in [4.78, 5) is 24.4. The van der Waals surface area contributed by atoms with Crippen LogP contribution in [0, 0.1) is 11.8 Å². The molecule has 4 atom stereocenters. The molecule has 1 fully saturated rings. The number of rotatable bonds is 2. The zero-order chi connectivity index (χ0) is 14.3. The standard InChI is InChI=1S/C16H16O4/c1-10-13-8-9-16(19-13,11(2)14(10)17)20-15(18)12-6-4-3-5-7-12/h3-11,13H,1-2H3/t10-,11+,13+,16-/m0/s1. The van der Waals surface area contributed by atoms with Gasteiger partial charge in [0.05, 0.1) is 17.6 Å².